The lowest BCUT2D eigenvalue weighted by Gasteiger charge is -2.31. The Hall–Kier alpha value is -11.0. The fourth-order valence-electron chi connectivity index (χ4n) is 14.7. The summed E-state index contributed by atoms with van der Waals surface area (Å²) in [5.41, 5.74) is 25.7. The monoisotopic (exact) mass is 1510 g/mol. The summed E-state index contributed by atoms with van der Waals surface area (Å²) in [6.07, 6.45) is 15.9. The first kappa shape index (κ1) is 82.5. The third-order valence-corrected chi connectivity index (χ3v) is 20.6. The van der Waals surface area contributed by atoms with Crippen LogP contribution in [0.25, 0.3) is 0 Å². The molecule has 7 aromatic carbocycles. The van der Waals surface area contributed by atoms with E-state index in [0.29, 0.717) is 76.1 Å². The molecule has 5 aliphatic rings. The predicted octanol–water partition coefficient (Wildman–Crippen LogP) is 10.7. The van der Waals surface area contributed by atoms with Crippen LogP contribution in [0, 0.1) is 11.8 Å². The van der Waals surface area contributed by atoms with E-state index in [1.807, 2.05) is 188 Å². The minimum absolute atomic E-state index is 0.0157. The van der Waals surface area contributed by atoms with Crippen molar-refractivity contribution in [2.24, 2.45) is 44.0 Å². The summed E-state index contributed by atoms with van der Waals surface area (Å²) in [6, 6.07) is 65.8. The number of guanidine groups is 3. The molecule has 5 fully saturated rings. The third-order valence-electron chi connectivity index (χ3n) is 20.6. The first-order valence-electron chi connectivity index (χ1n) is 39.4. The smallest absolute Gasteiger partial charge is 0.321 e. The van der Waals surface area contributed by atoms with Gasteiger partial charge in [-0.15, -0.1) is 0 Å². The fraction of sp³-hybridized carbons (Fsp3) is 0.414. The molecule has 2 saturated carbocycles. The van der Waals surface area contributed by atoms with E-state index in [-0.39, 0.29) is 89.8 Å². The van der Waals surface area contributed by atoms with Crippen molar-refractivity contribution >= 4 is 59.4 Å². The molecule has 15 N–H and O–H groups in total. The molecule has 588 valence electrons. The van der Waals surface area contributed by atoms with Gasteiger partial charge >= 0.3 is 18.1 Å². The minimum atomic E-state index is -0.425. The van der Waals surface area contributed by atoms with Gasteiger partial charge < -0.3 is 63.3 Å². The predicted molar refractivity (Wildman–Crippen MR) is 435 cm³/mol. The molecule has 2 aliphatic carbocycles. The van der Waals surface area contributed by atoms with Gasteiger partial charge in [0.2, 0.25) is 23.7 Å². The Morgan fingerprint density at radius 3 is 1.27 bits per heavy atom. The quantitative estimate of drug-likeness (QED) is 0.0169. The van der Waals surface area contributed by atoms with Crippen LogP contribution in [-0.4, -0.2) is 137 Å². The van der Waals surface area contributed by atoms with Gasteiger partial charge in [0, 0.05) is 59.1 Å². The number of nitrogens with one attached hydrogen (secondary N) is 9. The number of benzene rings is 7. The molecule has 0 bridgehead atoms. The lowest BCUT2D eigenvalue weighted by atomic mass is 9.81. The molecular weight excluding hydrogens is 1400 g/mol. The summed E-state index contributed by atoms with van der Waals surface area (Å²) in [7, 11) is 0. The summed E-state index contributed by atoms with van der Waals surface area (Å²) in [4.78, 5) is 89.7. The Morgan fingerprint density at radius 1 is 0.387 bits per heavy atom. The maximum atomic E-state index is 13.6. The van der Waals surface area contributed by atoms with Gasteiger partial charge in [0.15, 0.2) is 11.9 Å². The summed E-state index contributed by atoms with van der Waals surface area (Å²) >= 11 is 0. The summed E-state index contributed by atoms with van der Waals surface area (Å²) in [6.45, 7) is 5.16. The Kier molecular flexibility index (Phi) is 33.7. The number of nitrogens with two attached hydrogens (primary N) is 3. The number of hydrogen-bond donors (Lipinski definition) is 12. The number of carbonyl (C=O) groups is 6. The highest BCUT2D eigenvalue weighted by Gasteiger charge is 2.32. The Morgan fingerprint density at radius 2 is 0.802 bits per heavy atom. The highest BCUT2D eigenvalue weighted by molar-refractivity contribution is 5.97. The van der Waals surface area contributed by atoms with Gasteiger partial charge in [0.05, 0.1) is 53.8 Å². The number of urea groups is 3. The second-order valence-corrected chi connectivity index (χ2v) is 29.1. The van der Waals surface area contributed by atoms with Crippen molar-refractivity contribution in [1.29, 1.82) is 0 Å². The van der Waals surface area contributed by atoms with Gasteiger partial charge in [-0.3, -0.25) is 35.3 Å². The number of amides is 9. The van der Waals surface area contributed by atoms with Crippen LogP contribution in [-0.2, 0) is 54.4 Å². The third kappa shape index (κ3) is 29.1. The van der Waals surface area contributed by atoms with Crippen molar-refractivity contribution < 1.29 is 43.0 Å². The van der Waals surface area contributed by atoms with Crippen LogP contribution in [0.3, 0.4) is 0 Å². The fourth-order valence-corrected chi connectivity index (χ4v) is 14.7. The maximum absolute atomic E-state index is 13.6. The Balaban J connectivity index is 0.000000177. The van der Waals surface area contributed by atoms with Crippen molar-refractivity contribution in [3.8, 4) is 0 Å². The molecule has 3 saturated heterocycles. The van der Waals surface area contributed by atoms with E-state index in [4.69, 9.17) is 31.4 Å². The standard InChI is InChI=1S/C30H41N5O3.C29H33N5O3.C28H37N5O3/c31-29(35-30(37)34-21-26-15-8-16-38-26)33-20-24-12-7-11-23(17-24)19-32-28(36)27(25-13-5-2-6-14-25)18-22-9-3-1-4-10-22;30-28(34-29(36)32-20-25-15-8-16-37-25)33-24-14-7-11-22(17-24)19-31-27(35)26(23-12-5-2-6-13-23)18-21-9-3-1-4-10-21;29-27(33-28(35)30-19-22-14-9-17-36-22)32-25-16-8-7-15-24(25)31-26(34)23(21-12-5-2-6-13-21)18-20-10-3-1-4-11-20/h1-6,9-10,13-14,23-24,26-27H,7-8,11-12,15-21H2,(H,32,36)(H4,31,33,34,35,37);1-7,9-14,17,25-26H,8,15-16,18-20H2,(H,31,35)(H4,30,32,33,34,36);1-6,10-13,22-25H,7-9,14-19H2,(H,31,34)(H4,29,30,32,33,35)/t23-,24+,26?,27?;;/m0../s1. The molecule has 7 aromatic rings. The number of carbonyl (C=O) groups excluding carboxylic acids is 6. The lowest BCUT2D eigenvalue weighted by Crippen LogP contribution is -2.49. The molecule has 3 heterocycles. The van der Waals surface area contributed by atoms with Crippen molar-refractivity contribution in [3.05, 3.63) is 245 Å². The van der Waals surface area contributed by atoms with E-state index in [1.54, 1.807) is 6.07 Å². The van der Waals surface area contributed by atoms with E-state index in [2.05, 4.69) is 75.0 Å². The van der Waals surface area contributed by atoms with E-state index in [9.17, 15) is 28.8 Å². The van der Waals surface area contributed by atoms with E-state index < -0.39 is 12.1 Å². The molecular formula is C87H111N15O9. The first-order chi connectivity index (χ1) is 54.2. The zero-order chi connectivity index (χ0) is 77.6. The molecule has 9 amide bonds. The average molecular weight is 1510 g/mol. The molecule has 24 nitrogen and oxygen atoms in total. The highest BCUT2D eigenvalue weighted by atomic mass is 16.5. The van der Waals surface area contributed by atoms with Crippen LogP contribution < -0.4 is 65.1 Å². The number of hydrogen-bond acceptors (Lipinski definition) is 12. The van der Waals surface area contributed by atoms with Gasteiger partial charge in [-0.1, -0.05) is 213 Å². The highest BCUT2D eigenvalue weighted by Crippen LogP contribution is 2.31. The molecule has 0 radical (unpaired) electrons. The van der Waals surface area contributed by atoms with Gasteiger partial charge in [0.25, 0.3) is 0 Å². The molecule has 8 unspecified atom stereocenters. The molecule has 0 aromatic heterocycles. The number of rotatable bonds is 27. The molecule has 12 rings (SSSR count). The molecule has 10 atom stereocenters. The van der Waals surface area contributed by atoms with Crippen LogP contribution in [0.15, 0.2) is 221 Å². The zero-order valence-corrected chi connectivity index (χ0v) is 63.5. The minimum Gasteiger partial charge on any atom is -0.376 e. The first-order valence-corrected chi connectivity index (χ1v) is 39.4. The van der Waals surface area contributed by atoms with Crippen molar-refractivity contribution in [2.75, 3.05) is 52.5 Å². The van der Waals surface area contributed by atoms with Gasteiger partial charge in [0.1, 0.15) is 0 Å². The van der Waals surface area contributed by atoms with Crippen LogP contribution in [0.4, 0.5) is 20.1 Å². The Labute approximate surface area is 652 Å². The van der Waals surface area contributed by atoms with E-state index in [1.165, 1.54) is 0 Å². The summed E-state index contributed by atoms with van der Waals surface area (Å²) in [5, 5.41) is 25.6. The Bertz CT molecular complexity index is 4070. The topological polar surface area (TPSA) is 354 Å². The molecule has 111 heavy (non-hydrogen) atoms. The number of aliphatic imine (C=N–C) groups is 3. The second kappa shape index (κ2) is 45.3. The second-order valence-electron chi connectivity index (χ2n) is 29.1. The van der Waals surface area contributed by atoms with Gasteiger partial charge in [-0.25, -0.2) is 24.4 Å². The van der Waals surface area contributed by atoms with E-state index in [0.717, 1.165) is 149 Å². The number of nitrogens with zero attached hydrogens (tertiary/aromatic N) is 3. The lowest BCUT2D eigenvalue weighted by molar-refractivity contribution is -0.124. The maximum Gasteiger partial charge on any atom is 0.321 e. The van der Waals surface area contributed by atoms with Crippen LogP contribution in [0.2, 0.25) is 0 Å². The molecule has 24 heteroatoms. The summed E-state index contributed by atoms with van der Waals surface area (Å²) < 4.78 is 16.5. The van der Waals surface area contributed by atoms with Crippen molar-refractivity contribution in [2.45, 2.75) is 164 Å². The zero-order valence-electron chi connectivity index (χ0n) is 63.5. The van der Waals surface area contributed by atoms with Gasteiger partial charge in [-0.2, -0.15) is 0 Å². The van der Waals surface area contributed by atoms with Crippen LogP contribution in [0.5, 0.6) is 0 Å². The van der Waals surface area contributed by atoms with Gasteiger partial charge in [-0.05, 0) is 153 Å². The molecule has 0 spiro atoms. The normalized spacial score (nSPS) is 20.5. The van der Waals surface area contributed by atoms with Crippen LogP contribution >= 0.6 is 0 Å². The van der Waals surface area contributed by atoms with E-state index >= 15 is 0 Å². The SMILES string of the molecule is NC(=NC1CCCCC1NC(=O)C(Cc1ccccc1)c1ccccc1)NC(=O)NCC1CCCO1.NC(=NC[C@@H]1CCC[C@H](CNC(=O)C(Cc2ccccc2)c2ccccc2)C1)NC(=O)NCC1CCCO1.NC(=Nc1cccc(CNC(=O)C(Cc2ccccc2)c2ccccc2)c1)NC(=O)NCC1CCCO1. The largest absolute Gasteiger partial charge is 0.376 e. The van der Waals surface area contributed by atoms with Crippen LogP contribution in [0.1, 0.15) is 147 Å². The molecule has 3 aliphatic heterocycles. The average Bonchev–Trinajstić information content (AvgIpc) is 0.858. The van der Waals surface area contributed by atoms with Crippen molar-refractivity contribution in [1.82, 2.24) is 47.9 Å². The number of ether oxygens (including phenoxy) is 3. The van der Waals surface area contributed by atoms with Crippen molar-refractivity contribution in [3.63, 3.8) is 0 Å². The summed E-state index contributed by atoms with van der Waals surface area (Å²) in [5.74, 6) is 0.149.